The molecule has 3 radical (unpaired) electrons. The number of thioether (sulfide) groups is 1. The smallest absolute Gasteiger partial charge is 0.423 e. The van der Waals surface area contributed by atoms with E-state index < -0.39 is 44.6 Å². The molecule has 148 heavy (non-hydrogen) atoms. The maximum Gasteiger partial charge on any atom is 0.488 e. The monoisotopic (exact) mass is 2360 g/mol. The molecule has 757 valence electrons. The van der Waals surface area contributed by atoms with Gasteiger partial charge in [0.05, 0.1) is 10.6 Å². The molecule has 16 aromatic rings. The van der Waals surface area contributed by atoms with E-state index in [2.05, 4.69) is 440 Å². The number of Topliss-reactive ketones (excluding diaryl/α,β-unsaturated/α-hetero) is 1. The van der Waals surface area contributed by atoms with Crippen molar-refractivity contribution in [1.29, 1.82) is 0 Å². The first-order chi connectivity index (χ1) is 71.4. The number of halogens is 6. The third-order valence-electron chi connectivity index (χ3n) is 23.5. The Bertz CT molecular complexity index is 5900. The predicted octanol–water partition coefficient (Wildman–Crippen LogP) is 26.6. The van der Waals surface area contributed by atoms with Crippen LogP contribution >= 0.6 is 103 Å². The number of aromatic amines is 2. The molecule has 5 aliphatic carbocycles. The molecule has 23 heteroatoms. The van der Waals surface area contributed by atoms with Crippen molar-refractivity contribution in [1.82, 2.24) is 9.97 Å². The number of allylic oxidation sites excluding steroid dienone is 9. The minimum absolute atomic E-state index is 0. The van der Waals surface area contributed by atoms with Crippen LogP contribution in [0.25, 0.3) is 11.1 Å². The van der Waals surface area contributed by atoms with Crippen LogP contribution in [0.5, 0.6) is 0 Å². The third-order valence-corrected chi connectivity index (χ3v) is 36.0. The summed E-state index contributed by atoms with van der Waals surface area (Å²) in [5.41, 5.74) is 5.57. The van der Waals surface area contributed by atoms with Gasteiger partial charge in [0, 0.05) is 64.5 Å². The summed E-state index contributed by atoms with van der Waals surface area (Å²) in [6, 6.07) is 148. The first kappa shape index (κ1) is 121. The predicted molar refractivity (Wildman–Crippen MR) is 640 cm³/mol. The van der Waals surface area contributed by atoms with Crippen LogP contribution in [0.3, 0.4) is 0 Å². The van der Waals surface area contributed by atoms with Crippen molar-refractivity contribution in [2.75, 3.05) is 12.5 Å². The zero-order valence-electron chi connectivity index (χ0n) is 82.6. The fraction of sp³-hybridized carbons (Fsp3) is 0.152. The summed E-state index contributed by atoms with van der Waals surface area (Å²) >= 11 is 16.5. The van der Waals surface area contributed by atoms with Crippen molar-refractivity contribution in [3.63, 3.8) is 0 Å². The molecule has 0 saturated carbocycles. The maximum atomic E-state index is 13.3. The van der Waals surface area contributed by atoms with E-state index in [0.29, 0.717) is 35.9 Å². The molecule has 0 spiro atoms. The third kappa shape index (κ3) is 41.0. The summed E-state index contributed by atoms with van der Waals surface area (Å²) in [5.74, 6) is 0.580. The molecule has 0 aliphatic heterocycles. The molecular formula is C125H121B2Br3F3N2O6P4PdS2. The topological polar surface area (TPSA) is 143 Å². The number of aldehydes is 2. The molecule has 0 unspecified atom stereocenters. The van der Waals surface area contributed by atoms with Gasteiger partial charge in [-0.25, -0.2) is 13.2 Å². The van der Waals surface area contributed by atoms with Gasteiger partial charge in [0.2, 0.25) is 0 Å². The van der Waals surface area contributed by atoms with E-state index in [1.807, 2.05) is 43.0 Å². The maximum absolute atomic E-state index is 13.3. The molecule has 0 amide bonds. The van der Waals surface area contributed by atoms with Gasteiger partial charge in [-0.15, -0.1) is 0 Å². The minimum Gasteiger partial charge on any atom is -0.423 e. The quantitative estimate of drug-likeness (QED) is 0.0207. The van der Waals surface area contributed by atoms with Gasteiger partial charge in [-0.1, -0.05) is 463 Å². The Kier molecular flexibility index (Phi) is 56.4. The number of hydrogen-bond acceptors (Lipinski definition) is 8. The number of ketones is 1. The molecule has 8 nitrogen and oxygen atoms in total. The Labute approximate surface area is 927 Å². The first-order valence-electron chi connectivity index (χ1n) is 48.6. The molecule has 21 rings (SSSR count). The second-order valence-electron chi connectivity index (χ2n) is 33.9. The number of aliphatic hydroxyl groups excluding tert-OH is 1. The van der Waals surface area contributed by atoms with Crippen molar-refractivity contribution in [3.05, 3.63) is 526 Å². The van der Waals surface area contributed by atoms with E-state index in [9.17, 15) is 27.6 Å². The summed E-state index contributed by atoms with van der Waals surface area (Å²) in [6.45, 7) is 0. The van der Waals surface area contributed by atoms with Gasteiger partial charge in [-0.2, -0.15) is 11.8 Å². The molecule has 5 aliphatic rings. The number of hydrogen-bond donors (Lipinski definition) is 5. The Balaban J connectivity index is 0.000000185. The number of aromatic nitrogens is 2. The van der Waals surface area contributed by atoms with Crippen LogP contribution in [0.4, 0.5) is 13.2 Å². The zero-order valence-corrected chi connectivity index (χ0v) is 94.1. The van der Waals surface area contributed by atoms with Gasteiger partial charge in [0.15, 0.2) is 10.6 Å². The summed E-state index contributed by atoms with van der Waals surface area (Å²) in [6.07, 6.45) is 30.2. The molecule has 4 atom stereocenters. The fourth-order valence-corrected chi connectivity index (χ4v) is 27.5. The van der Waals surface area contributed by atoms with Crippen molar-refractivity contribution >= 4 is 218 Å². The van der Waals surface area contributed by atoms with Crippen molar-refractivity contribution < 1.29 is 63.1 Å². The molecule has 15 aromatic carbocycles. The average molecular weight is 2360 g/mol. The number of benzene rings is 15. The number of rotatable bonds is 21. The number of aliphatic hydroxyl groups is 1. The van der Waals surface area contributed by atoms with E-state index in [-0.39, 0.29) is 63.7 Å². The molecule has 5 N–H and O–H groups in total. The largest absolute Gasteiger partial charge is 0.488 e. The Morgan fingerprint density at radius 3 is 0.851 bits per heavy atom. The van der Waals surface area contributed by atoms with E-state index >= 15 is 0 Å². The Hall–Kier alpha value is -10.6. The minimum atomic E-state index is -1.59. The van der Waals surface area contributed by atoms with Crippen LogP contribution in [0.2, 0.25) is 0 Å². The Morgan fingerprint density at radius 2 is 0.635 bits per heavy atom. The van der Waals surface area contributed by atoms with E-state index in [0.717, 1.165) is 114 Å². The number of carbonyl (C=O) groups excluding carboxylic acids is 3. The molecule has 1 aromatic heterocycles. The second-order valence-corrected chi connectivity index (χ2v) is 46.7. The average Bonchev–Trinajstić information content (AvgIpc) is 1.17. The summed E-state index contributed by atoms with van der Waals surface area (Å²) < 4.78 is 42.3. The number of H-pyrrole nitrogens is 2. The van der Waals surface area contributed by atoms with E-state index in [4.69, 9.17) is 27.4 Å². The van der Waals surface area contributed by atoms with Crippen molar-refractivity contribution in [2.24, 2.45) is 17.8 Å². The molecular weight excluding hydrogens is 2240 g/mol. The molecule has 0 bridgehead atoms. The summed E-state index contributed by atoms with van der Waals surface area (Å²) in [7, 11) is -3.37. The van der Waals surface area contributed by atoms with Crippen LogP contribution in [0.15, 0.2) is 487 Å². The SMILES string of the molecule is CSC.Fc1cccc(C2=CCC[C@H]2Cc2c[nH]c(=S)[nH]2)c1.O=C1CCC=C1Br.O=CC[C@@H]1CCC=C1Br.O=CC[C@@H]1CCC=C1c1cccc(F)c1.OB(O)c1cccc(F)c1.O[C@H]1CCC=C1Br.[B].[Pd].c1ccc(P(c2ccccc2)c2ccccc2)cc1.c1ccc(P(c2ccccc2)c2ccccc2)cc1.c1ccc(P(c2ccccc2)c2ccccc2)cc1.c1ccc(P(c2ccccc2)c2ccccc2)cc1. The second kappa shape index (κ2) is 69.0. The number of nitrogens with one attached hydrogen (secondary N) is 2. The molecule has 1 heterocycles. The first-order valence-corrected chi connectivity index (χ1v) is 58.4. The number of carbonyl (C=O) groups is 3. The number of imidazole rings is 1. The molecule has 0 fully saturated rings. The van der Waals surface area contributed by atoms with Gasteiger partial charge < -0.3 is 34.7 Å². The van der Waals surface area contributed by atoms with Gasteiger partial charge >= 0.3 is 7.12 Å². The van der Waals surface area contributed by atoms with Gasteiger partial charge in [-0.05, 0) is 287 Å². The van der Waals surface area contributed by atoms with Crippen LogP contribution in [0.1, 0.15) is 93.9 Å². The normalized spacial score (nSPS) is 14.6. The van der Waals surface area contributed by atoms with Gasteiger partial charge in [0.1, 0.15) is 30.0 Å². The zero-order chi connectivity index (χ0) is 103. The van der Waals surface area contributed by atoms with Crippen LogP contribution in [0, 0.1) is 40.0 Å². The summed E-state index contributed by atoms with van der Waals surface area (Å²) in [4.78, 5) is 37.2. The van der Waals surface area contributed by atoms with Crippen LogP contribution in [-0.4, -0.2) is 77.6 Å². The fourth-order valence-electron chi connectivity index (χ4n) is 16.6. The van der Waals surface area contributed by atoms with E-state index in [1.165, 1.54) is 110 Å². The molecule has 0 saturated heterocycles. The van der Waals surface area contributed by atoms with Crippen LogP contribution < -0.4 is 69.1 Å². The van der Waals surface area contributed by atoms with Crippen molar-refractivity contribution in [2.45, 2.75) is 89.6 Å². The standard InChI is InChI=1S/4C18H15P.C15H15FN2S.C13H13FO.C7H9BrO.C6H6BFO2.C5H7BrO.C5H5BrO.C2H6S.B.Pd/c4*1-4-10-16(11-5-1)19(17-12-6-2-7-13-17)18-14-8-3-9-15-18;16-12-5-1-3-10(7-12)14-6-2-4-11(14)8-13-9-17-15(19)18-13;14-12-5-1-4-11(9-12)13-6-2-3-10(13)7-8-15;8-7-3-1-2-6(7)4-5-9;8-6-3-1-2-5(4-6)7(9)10;2*6-4-2-1-3-5(4)7;1-3-2;;/h4*1-15H;1,3,5-7,9,11H,2,4,8H2,(H2,17,18,19);1,4-6,8-10H,2-3,7H2;3,5-6H,1-2,4H2;1-4,9-10H;2,5,7H,1,3H2;2H,1,3H2;1-2H3;;/t;;;;11-;10-;6-;;5-;;;;/m....000.0..../s1. The van der Waals surface area contributed by atoms with Crippen molar-refractivity contribution in [3.8, 4) is 0 Å². The Morgan fingerprint density at radius 1 is 0.365 bits per heavy atom. The van der Waals surface area contributed by atoms with E-state index in [1.54, 1.807) is 30.0 Å². The van der Waals surface area contributed by atoms with Crippen LogP contribution in [-0.2, 0) is 41.2 Å². The van der Waals surface area contributed by atoms with Gasteiger partial charge in [0.25, 0.3) is 0 Å². The summed E-state index contributed by atoms with van der Waals surface area (Å²) in [5, 5.41) is 42.7. The van der Waals surface area contributed by atoms with Gasteiger partial charge in [-0.3, -0.25) is 4.79 Å².